The number of hydrogen-bond donors (Lipinski definition) is 1. The molecule has 0 aliphatic carbocycles. The highest BCUT2D eigenvalue weighted by atomic mass is 19.1. The van der Waals surface area contributed by atoms with Crippen LogP contribution in [0.4, 0.5) is 15.8 Å². The van der Waals surface area contributed by atoms with Crippen molar-refractivity contribution >= 4 is 33.2 Å². The molecule has 0 spiro atoms. The summed E-state index contributed by atoms with van der Waals surface area (Å²) in [7, 11) is 0. The molecule has 1 aromatic heterocycles. The fourth-order valence-electron chi connectivity index (χ4n) is 2.53. The molecule has 3 aromatic rings. The predicted octanol–water partition coefficient (Wildman–Crippen LogP) is 2.95. The quantitative estimate of drug-likeness (QED) is 0.442. The standard InChI is InChI=1S/C14H8FN3O5/c1-6-2-7(15)3-9-12(6)16-13-10(14(9)19)4-8(17(20)21)5-11(13)18(22)23/h2-5H,1H3,(H,16,19). The first-order valence-electron chi connectivity index (χ1n) is 6.38. The molecule has 0 saturated heterocycles. The van der Waals surface area contributed by atoms with Gasteiger partial charge in [-0.15, -0.1) is 0 Å². The number of benzene rings is 2. The van der Waals surface area contributed by atoms with E-state index < -0.39 is 32.5 Å². The highest BCUT2D eigenvalue weighted by Crippen LogP contribution is 2.30. The van der Waals surface area contributed by atoms with Gasteiger partial charge in [-0.2, -0.15) is 0 Å². The molecule has 0 aliphatic heterocycles. The summed E-state index contributed by atoms with van der Waals surface area (Å²) in [6.07, 6.45) is 0. The second kappa shape index (κ2) is 4.83. The summed E-state index contributed by atoms with van der Waals surface area (Å²) in [5, 5.41) is 21.8. The van der Waals surface area contributed by atoms with Crippen LogP contribution in [-0.2, 0) is 0 Å². The van der Waals surface area contributed by atoms with Crippen molar-refractivity contribution in [2.45, 2.75) is 6.92 Å². The maximum Gasteiger partial charge on any atom is 0.300 e. The summed E-state index contributed by atoms with van der Waals surface area (Å²) in [5.74, 6) is -0.639. The molecule has 2 aromatic carbocycles. The molecule has 0 saturated carbocycles. The number of nitrogens with zero attached hydrogens (tertiary/aromatic N) is 2. The van der Waals surface area contributed by atoms with Crippen molar-refractivity contribution in [2.75, 3.05) is 0 Å². The van der Waals surface area contributed by atoms with E-state index in [0.717, 1.165) is 18.2 Å². The Balaban J connectivity index is 2.61. The van der Waals surface area contributed by atoms with E-state index in [-0.39, 0.29) is 21.8 Å². The van der Waals surface area contributed by atoms with Gasteiger partial charge >= 0.3 is 0 Å². The Labute approximate surface area is 126 Å². The number of pyridine rings is 1. The molecule has 116 valence electrons. The SMILES string of the molecule is Cc1cc(F)cc2c(=O)c3cc([N+](=O)[O-])cc([N+](=O)[O-])c3[nH]c12. The monoisotopic (exact) mass is 317 g/mol. The first-order valence-corrected chi connectivity index (χ1v) is 6.38. The van der Waals surface area contributed by atoms with Crippen molar-refractivity contribution in [3.63, 3.8) is 0 Å². The zero-order valence-electron chi connectivity index (χ0n) is 11.6. The van der Waals surface area contributed by atoms with Crippen LogP contribution in [-0.4, -0.2) is 14.8 Å². The molecule has 1 heterocycles. The van der Waals surface area contributed by atoms with Gasteiger partial charge in [0, 0.05) is 11.5 Å². The molecule has 0 amide bonds. The van der Waals surface area contributed by atoms with Crippen molar-refractivity contribution < 1.29 is 14.2 Å². The number of halogens is 1. The van der Waals surface area contributed by atoms with Gasteiger partial charge < -0.3 is 4.98 Å². The molecule has 23 heavy (non-hydrogen) atoms. The van der Waals surface area contributed by atoms with Crippen molar-refractivity contribution in [3.8, 4) is 0 Å². The van der Waals surface area contributed by atoms with Gasteiger partial charge in [0.05, 0.1) is 26.8 Å². The van der Waals surface area contributed by atoms with Gasteiger partial charge in [0.15, 0.2) is 5.43 Å². The molecule has 9 heteroatoms. The average Bonchev–Trinajstić information content (AvgIpc) is 2.47. The number of fused-ring (bicyclic) bond motifs is 2. The molecule has 8 nitrogen and oxygen atoms in total. The minimum absolute atomic E-state index is 0.0233. The Morgan fingerprint density at radius 3 is 2.26 bits per heavy atom. The number of aryl methyl sites for hydroxylation is 1. The van der Waals surface area contributed by atoms with E-state index in [9.17, 15) is 29.4 Å². The maximum absolute atomic E-state index is 13.5. The molecule has 1 N–H and O–H groups in total. The first-order chi connectivity index (χ1) is 10.8. The lowest BCUT2D eigenvalue weighted by molar-refractivity contribution is -0.393. The van der Waals surface area contributed by atoms with Crippen LogP contribution in [0, 0.1) is 33.0 Å². The molecular formula is C14H8FN3O5. The third kappa shape index (κ3) is 2.18. The topological polar surface area (TPSA) is 119 Å². The third-order valence-corrected chi connectivity index (χ3v) is 3.55. The van der Waals surface area contributed by atoms with E-state index in [1.807, 2.05) is 0 Å². The summed E-state index contributed by atoms with van der Waals surface area (Å²) < 4.78 is 13.5. The number of hydrogen-bond acceptors (Lipinski definition) is 5. The van der Waals surface area contributed by atoms with Crippen molar-refractivity contribution in [1.82, 2.24) is 4.98 Å². The van der Waals surface area contributed by atoms with Crippen LogP contribution in [0.5, 0.6) is 0 Å². The van der Waals surface area contributed by atoms with Gasteiger partial charge in [-0.25, -0.2) is 4.39 Å². The van der Waals surface area contributed by atoms with E-state index in [1.165, 1.54) is 6.07 Å². The number of aromatic amines is 1. The van der Waals surface area contributed by atoms with Crippen molar-refractivity contribution in [1.29, 1.82) is 0 Å². The number of H-pyrrole nitrogens is 1. The lowest BCUT2D eigenvalue weighted by Gasteiger charge is -2.06. The van der Waals surface area contributed by atoms with Gasteiger partial charge in [-0.05, 0) is 24.6 Å². The van der Waals surface area contributed by atoms with Crippen LogP contribution < -0.4 is 5.43 Å². The van der Waals surface area contributed by atoms with Crippen LogP contribution in [0.3, 0.4) is 0 Å². The van der Waals surface area contributed by atoms with Crippen molar-refractivity contribution in [2.24, 2.45) is 0 Å². The molecule has 0 bridgehead atoms. The van der Waals surface area contributed by atoms with Crippen LogP contribution >= 0.6 is 0 Å². The molecule has 0 radical (unpaired) electrons. The van der Waals surface area contributed by atoms with Gasteiger partial charge in [0.25, 0.3) is 11.4 Å². The third-order valence-electron chi connectivity index (χ3n) is 3.55. The van der Waals surface area contributed by atoms with E-state index in [0.29, 0.717) is 5.56 Å². The minimum Gasteiger partial charge on any atom is -0.348 e. The van der Waals surface area contributed by atoms with Gasteiger partial charge in [0.2, 0.25) is 0 Å². The minimum atomic E-state index is -0.826. The Morgan fingerprint density at radius 1 is 1.00 bits per heavy atom. The van der Waals surface area contributed by atoms with Crippen LogP contribution in [0.2, 0.25) is 0 Å². The van der Waals surface area contributed by atoms with E-state index >= 15 is 0 Å². The zero-order chi connectivity index (χ0) is 16.9. The highest BCUT2D eigenvalue weighted by Gasteiger charge is 2.23. The second-order valence-electron chi connectivity index (χ2n) is 5.00. The van der Waals surface area contributed by atoms with E-state index in [2.05, 4.69) is 4.98 Å². The number of rotatable bonds is 2. The summed E-state index contributed by atoms with van der Waals surface area (Å²) in [5.41, 5.74) is -1.36. The molecule has 0 aliphatic rings. The number of nitrogens with one attached hydrogen (secondary N) is 1. The molecule has 3 rings (SSSR count). The van der Waals surface area contributed by atoms with Crippen molar-refractivity contribution in [3.05, 3.63) is 66.1 Å². The number of nitro benzene ring substituents is 2. The number of aromatic nitrogens is 1. The molecule has 0 atom stereocenters. The maximum atomic E-state index is 13.5. The molecule has 0 unspecified atom stereocenters. The van der Waals surface area contributed by atoms with Crippen LogP contribution in [0.1, 0.15) is 5.56 Å². The molecule has 0 fully saturated rings. The number of non-ortho nitro benzene ring substituents is 2. The van der Waals surface area contributed by atoms with Crippen LogP contribution in [0.25, 0.3) is 21.8 Å². The smallest absolute Gasteiger partial charge is 0.300 e. The molecular weight excluding hydrogens is 309 g/mol. The summed E-state index contributed by atoms with van der Waals surface area (Å²) in [6, 6.07) is 3.90. The van der Waals surface area contributed by atoms with Gasteiger partial charge in [0.1, 0.15) is 11.3 Å². The first kappa shape index (κ1) is 14.6. The Bertz CT molecular complexity index is 1070. The Hall–Kier alpha value is -3.36. The predicted molar refractivity (Wildman–Crippen MR) is 80.1 cm³/mol. The van der Waals surface area contributed by atoms with E-state index in [1.54, 1.807) is 6.92 Å². The van der Waals surface area contributed by atoms with Gasteiger partial charge in [-0.1, -0.05) is 0 Å². The van der Waals surface area contributed by atoms with E-state index in [4.69, 9.17) is 0 Å². The largest absolute Gasteiger partial charge is 0.348 e. The highest BCUT2D eigenvalue weighted by molar-refractivity contribution is 5.98. The van der Waals surface area contributed by atoms with Crippen LogP contribution in [0.15, 0.2) is 29.1 Å². The fraction of sp³-hybridized carbons (Fsp3) is 0.0714. The second-order valence-corrected chi connectivity index (χ2v) is 5.00. The Kier molecular flexibility index (Phi) is 3.06. The average molecular weight is 317 g/mol. The fourth-order valence-corrected chi connectivity index (χ4v) is 2.53. The lowest BCUT2D eigenvalue weighted by atomic mass is 10.1. The zero-order valence-corrected chi connectivity index (χ0v) is 11.6. The summed E-state index contributed by atoms with van der Waals surface area (Å²) >= 11 is 0. The van der Waals surface area contributed by atoms with Gasteiger partial charge in [-0.3, -0.25) is 25.0 Å². The normalized spacial score (nSPS) is 11.0. The number of nitro groups is 2. The lowest BCUT2D eigenvalue weighted by Crippen LogP contribution is -2.08. The Morgan fingerprint density at radius 2 is 1.65 bits per heavy atom. The summed E-state index contributed by atoms with van der Waals surface area (Å²) in [4.78, 5) is 35.7. The summed E-state index contributed by atoms with van der Waals surface area (Å²) in [6.45, 7) is 1.55.